The summed E-state index contributed by atoms with van der Waals surface area (Å²) >= 11 is 1.58. The lowest BCUT2D eigenvalue weighted by Crippen LogP contribution is -2.59. The van der Waals surface area contributed by atoms with Crippen LogP contribution in [0, 0.1) is 6.92 Å². The van der Waals surface area contributed by atoms with Gasteiger partial charge in [-0.1, -0.05) is 36.8 Å². The minimum atomic E-state index is -0.957. The highest BCUT2D eigenvalue weighted by Crippen LogP contribution is 2.34. The van der Waals surface area contributed by atoms with Gasteiger partial charge in [0.1, 0.15) is 23.4 Å². The van der Waals surface area contributed by atoms with Gasteiger partial charge in [-0.05, 0) is 96.2 Å². The average Bonchev–Trinajstić information content (AvgIpc) is 2.88. The number of methoxy groups -OCH3 is 1. The highest BCUT2D eigenvalue weighted by molar-refractivity contribution is 7.98. The minimum absolute atomic E-state index is 0.344. The summed E-state index contributed by atoms with van der Waals surface area (Å²) in [4.78, 5) is 42.9. The fraction of sp³-hybridized carbons (Fsp3) is 0.516. The first-order chi connectivity index (χ1) is 18.7. The Morgan fingerprint density at radius 1 is 1.02 bits per heavy atom. The lowest BCUT2D eigenvalue weighted by atomic mass is 9.91. The molecule has 0 radical (unpaired) electrons. The van der Waals surface area contributed by atoms with Gasteiger partial charge < -0.3 is 25.0 Å². The fourth-order valence-electron chi connectivity index (χ4n) is 4.20. The molecule has 0 aliphatic rings. The SMILES string of the molecule is CCC(C)(C)N(C(=O)C(CCSC)NC(=O)OC(C)(C)C)C(C(=O)Nc1ccc(OC)cc1)c1cccc(C)c1. The van der Waals surface area contributed by atoms with Gasteiger partial charge in [0.15, 0.2) is 0 Å². The second-order valence-electron chi connectivity index (χ2n) is 11.4. The Morgan fingerprint density at radius 3 is 2.20 bits per heavy atom. The molecular weight excluding hydrogens is 526 g/mol. The van der Waals surface area contributed by atoms with Gasteiger partial charge in [0.2, 0.25) is 5.91 Å². The summed E-state index contributed by atoms with van der Waals surface area (Å²) in [5.41, 5.74) is 0.780. The standard InChI is InChI=1S/C31H45N3O5S/c1-10-31(6,7)34(28(36)25(18-19-40-9)33-29(37)39-30(3,4)5)26(22-13-11-12-21(2)20-22)27(35)32-23-14-16-24(38-8)17-15-23/h11-17,20,25-26H,10,18-19H2,1-9H3,(H,32,35)(H,33,37). The van der Waals surface area contributed by atoms with E-state index in [2.05, 4.69) is 10.6 Å². The van der Waals surface area contributed by atoms with Crippen molar-refractivity contribution in [3.8, 4) is 5.75 Å². The number of thioether (sulfide) groups is 1. The number of ether oxygens (including phenoxy) is 2. The summed E-state index contributed by atoms with van der Waals surface area (Å²) in [5, 5.41) is 5.78. The molecule has 2 rings (SSSR count). The van der Waals surface area contributed by atoms with E-state index in [0.29, 0.717) is 35.6 Å². The number of carbonyl (C=O) groups excluding carboxylic acids is 3. The van der Waals surface area contributed by atoms with Gasteiger partial charge in [-0.25, -0.2) is 4.79 Å². The smallest absolute Gasteiger partial charge is 0.408 e. The summed E-state index contributed by atoms with van der Waals surface area (Å²) < 4.78 is 10.7. The van der Waals surface area contributed by atoms with Crippen molar-refractivity contribution >= 4 is 35.4 Å². The quantitative estimate of drug-likeness (QED) is 0.308. The number of hydrogen-bond acceptors (Lipinski definition) is 6. The molecule has 40 heavy (non-hydrogen) atoms. The van der Waals surface area contributed by atoms with Crippen molar-refractivity contribution in [1.29, 1.82) is 0 Å². The Hall–Kier alpha value is -3.20. The van der Waals surface area contributed by atoms with Crippen LogP contribution in [0.2, 0.25) is 0 Å². The molecule has 9 heteroatoms. The number of hydrogen-bond donors (Lipinski definition) is 2. The van der Waals surface area contributed by atoms with E-state index in [9.17, 15) is 14.4 Å². The molecule has 2 aromatic carbocycles. The van der Waals surface area contributed by atoms with E-state index in [0.717, 1.165) is 5.56 Å². The van der Waals surface area contributed by atoms with Crippen LogP contribution in [0.25, 0.3) is 0 Å². The van der Waals surface area contributed by atoms with Gasteiger partial charge in [0.05, 0.1) is 7.11 Å². The van der Waals surface area contributed by atoms with E-state index in [1.54, 1.807) is 68.8 Å². The molecule has 220 valence electrons. The molecule has 2 atom stereocenters. The maximum atomic E-state index is 14.4. The maximum Gasteiger partial charge on any atom is 0.408 e. The minimum Gasteiger partial charge on any atom is -0.497 e. The first kappa shape index (κ1) is 33.0. The topological polar surface area (TPSA) is 97.0 Å². The maximum absolute atomic E-state index is 14.4. The van der Waals surface area contributed by atoms with Crippen LogP contribution in [0.3, 0.4) is 0 Å². The molecule has 0 heterocycles. The summed E-state index contributed by atoms with van der Waals surface area (Å²) in [6, 6.07) is 12.8. The van der Waals surface area contributed by atoms with E-state index in [1.165, 1.54) is 0 Å². The predicted octanol–water partition coefficient (Wildman–Crippen LogP) is 6.35. The van der Waals surface area contributed by atoms with Crippen LogP contribution < -0.4 is 15.4 Å². The second-order valence-corrected chi connectivity index (χ2v) is 12.4. The molecule has 0 saturated heterocycles. The lowest BCUT2D eigenvalue weighted by molar-refractivity contribution is -0.147. The Balaban J connectivity index is 2.60. The highest BCUT2D eigenvalue weighted by Gasteiger charge is 2.43. The second kappa shape index (κ2) is 14.4. The summed E-state index contributed by atoms with van der Waals surface area (Å²) in [6.07, 6.45) is 2.24. The van der Waals surface area contributed by atoms with E-state index >= 15 is 0 Å². The number of amides is 3. The first-order valence-corrected chi connectivity index (χ1v) is 14.9. The van der Waals surface area contributed by atoms with Crippen LogP contribution in [0.5, 0.6) is 5.75 Å². The molecule has 2 aromatic rings. The number of aryl methyl sites for hydroxylation is 1. The molecule has 3 amide bonds. The number of anilines is 1. The number of alkyl carbamates (subject to hydrolysis) is 1. The number of nitrogens with one attached hydrogen (secondary N) is 2. The van der Waals surface area contributed by atoms with Gasteiger partial charge in [-0.2, -0.15) is 11.8 Å². The van der Waals surface area contributed by atoms with E-state index < -0.39 is 29.3 Å². The lowest BCUT2D eigenvalue weighted by Gasteiger charge is -2.44. The Labute approximate surface area is 243 Å². The van der Waals surface area contributed by atoms with Gasteiger partial charge >= 0.3 is 6.09 Å². The Bertz CT molecular complexity index is 1140. The molecule has 0 bridgehead atoms. The molecule has 2 N–H and O–H groups in total. The highest BCUT2D eigenvalue weighted by atomic mass is 32.2. The van der Waals surface area contributed by atoms with Crippen LogP contribution in [0.4, 0.5) is 10.5 Å². The monoisotopic (exact) mass is 571 g/mol. The third kappa shape index (κ3) is 9.47. The van der Waals surface area contributed by atoms with Gasteiger partial charge in [-0.3, -0.25) is 9.59 Å². The van der Waals surface area contributed by atoms with Crippen LogP contribution in [-0.4, -0.2) is 59.1 Å². The van der Waals surface area contributed by atoms with Crippen molar-refractivity contribution < 1.29 is 23.9 Å². The molecule has 0 saturated carbocycles. The zero-order valence-corrected chi connectivity index (χ0v) is 26.1. The third-order valence-electron chi connectivity index (χ3n) is 6.58. The van der Waals surface area contributed by atoms with Crippen molar-refractivity contribution in [2.24, 2.45) is 0 Å². The summed E-state index contributed by atoms with van der Waals surface area (Å²) in [5.74, 6) is 0.608. The number of carbonyl (C=O) groups is 3. The van der Waals surface area contributed by atoms with Crippen molar-refractivity contribution in [2.75, 3.05) is 24.4 Å². The van der Waals surface area contributed by atoms with E-state index in [1.807, 2.05) is 58.2 Å². The van der Waals surface area contributed by atoms with Gasteiger partial charge in [0, 0.05) is 11.2 Å². The van der Waals surface area contributed by atoms with Gasteiger partial charge in [-0.15, -0.1) is 0 Å². The molecule has 2 unspecified atom stereocenters. The van der Waals surface area contributed by atoms with Crippen molar-refractivity contribution in [1.82, 2.24) is 10.2 Å². The van der Waals surface area contributed by atoms with Crippen LogP contribution in [-0.2, 0) is 14.3 Å². The van der Waals surface area contributed by atoms with E-state index in [-0.39, 0.29) is 11.8 Å². The van der Waals surface area contributed by atoms with Crippen molar-refractivity contribution in [3.05, 3.63) is 59.7 Å². The zero-order valence-electron chi connectivity index (χ0n) is 25.3. The summed E-state index contributed by atoms with van der Waals surface area (Å²) in [6.45, 7) is 13.1. The normalized spacial score (nSPS) is 13.1. The molecule has 8 nitrogen and oxygen atoms in total. The third-order valence-corrected chi connectivity index (χ3v) is 7.22. The van der Waals surface area contributed by atoms with E-state index in [4.69, 9.17) is 9.47 Å². The van der Waals surface area contributed by atoms with Crippen LogP contribution in [0.15, 0.2) is 48.5 Å². The number of nitrogens with zero attached hydrogens (tertiary/aromatic N) is 1. The largest absolute Gasteiger partial charge is 0.497 e. The van der Waals surface area contributed by atoms with Crippen molar-refractivity contribution in [3.63, 3.8) is 0 Å². The van der Waals surface area contributed by atoms with Crippen LogP contribution in [0.1, 0.15) is 71.6 Å². The molecule has 0 aliphatic carbocycles. The fourth-order valence-corrected chi connectivity index (χ4v) is 4.67. The first-order valence-electron chi connectivity index (χ1n) is 13.6. The zero-order chi connectivity index (χ0) is 30.1. The molecule has 0 fully saturated rings. The van der Waals surface area contributed by atoms with Crippen LogP contribution >= 0.6 is 11.8 Å². The average molecular weight is 572 g/mol. The van der Waals surface area contributed by atoms with Gasteiger partial charge in [0.25, 0.3) is 5.91 Å². The van der Waals surface area contributed by atoms with Crippen molar-refractivity contribution in [2.45, 2.75) is 84.5 Å². The molecule has 0 spiro atoms. The summed E-state index contributed by atoms with van der Waals surface area (Å²) in [7, 11) is 1.58. The number of benzene rings is 2. The Morgan fingerprint density at radius 2 is 1.68 bits per heavy atom. The number of rotatable bonds is 12. The Kier molecular flexibility index (Phi) is 11.9. The molecular formula is C31H45N3O5S. The predicted molar refractivity (Wildman–Crippen MR) is 163 cm³/mol. The molecule has 0 aliphatic heterocycles. The molecule has 0 aromatic heterocycles.